The lowest BCUT2D eigenvalue weighted by Gasteiger charge is -2.18. The summed E-state index contributed by atoms with van der Waals surface area (Å²) in [6.07, 6.45) is 0.742. The third-order valence-corrected chi connectivity index (χ3v) is 1.07. The molecule has 0 amide bonds. The summed E-state index contributed by atoms with van der Waals surface area (Å²) in [5.74, 6) is 0. The normalized spacial score (nSPS) is 13.2. The van der Waals surface area contributed by atoms with Crippen LogP contribution in [0.5, 0.6) is 0 Å². The summed E-state index contributed by atoms with van der Waals surface area (Å²) in [5, 5.41) is 0. The van der Waals surface area contributed by atoms with Crippen molar-refractivity contribution in [3.05, 3.63) is 0 Å². The Labute approximate surface area is 92.7 Å². The molecule has 0 bridgehead atoms. The first-order valence-corrected chi connectivity index (χ1v) is 5.32. The van der Waals surface area contributed by atoms with Crippen LogP contribution in [0.15, 0.2) is 0 Å². The molecule has 4 heteroatoms. The molecule has 0 aromatic heterocycles. The summed E-state index contributed by atoms with van der Waals surface area (Å²) in [5.41, 5.74) is -0.522. The minimum absolute atomic E-state index is 0.261. The molecule has 0 atom stereocenters. The largest absolute Gasteiger partial charge is 0.236 e. The third kappa shape index (κ3) is 13.8. The fraction of sp³-hybridized carbons (Fsp3) is 1.00. The van der Waals surface area contributed by atoms with Crippen LogP contribution in [0.4, 0.5) is 0 Å². The van der Waals surface area contributed by atoms with E-state index >= 15 is 0 Å². The van der Waals surface area contributed by atoms with Crippen LogP contribution in [-0.4, -0.2) is 24.4 Å². The van der Waals surface area contributed by atoms with E-state index in [0.29, 0.717) is 13.2 Å². The van der Waals surface area contributed by atoms with E-state index < -0.39 is 0 Å². The van der Waals surface area contributed by atoms with Gasteiger partial charge in [0.05, 0.1) is 24.4 Å². The summed E-state index contributed by atoms with van der Waals surface area (Å²) in [6, 6.07) is 0. The van der Waals surface area contributed by atoms with Crippen LogP contribution in [0.25, 0.3) is 0 Å². The van der Waals surface area contributed by atoms with E-state index in [2.05, 4.69) is 0 Å². The maximum Gasteiger partial charge on any atom is 0.0952 e. The lowest BCUT2D eigenvalue weighted by Crippen LogP contribution is -2.21. The van der Waals surface area contributed by atoms with Crippen LogP contribution >= 0.6 is 0 Å². The number of rotatable bonds is 6. The summed E-state index contributed by atoms with van der Waals surface area (Å²) in [6.45, 7) is 12.6. The molecule has 4 nitrogen and oxygen atoms in total. The van der Waals surface area contributed by atoms with Crippen LogP contribution in [0.2, 0.25) is 0 Å². The van der Waals surface area contributed by atoms with Crippen LogP contribution in [0.1, 0.15) is 48.0 Å². The summed E-state index contributed by atoms with van der Waals surface area (Å²) in [7, 11) is 0. The predicted octanol–water partition coefficient (Wildman–Crippen LogP) is 2.87. The quantitative estimate of drug-likeness (QED) is 0.392. The van der Waals surface area contributed by atoms with Gasteiger partial charge in [0.2, 0.25) is 0 Å². The molecule has 0 N–H and O–H groups in total. The van der Waals surface area contributed by atoms with Crippen molar-refractivity contribution in [1.29, 1.82) is 0 Å². The van der Waals surface area contributed by atoms with Gasteiger partial charge in [-0.1, -0.05) is 0 Å². The van der Waals surface area contributed by atoms with Crippen molar-refractivity contribution in [2.45, 2.75) is 59.2 Å². The van der Waals surface area contributed by atoms with Gasteiger partial charge in [-0.25, -0.2) is 19.6 Å². The minimum Gasteiger partial charge on any atom is -0.236 e. The number of hydrogen-bond donors (Lipinski definition) is 0. The summed E-state index contributed by atoms with van der Waals surface area (Å²) >= 11 is 0. The molecule has 0 aliphatic heterocycles. The molecule has 0 fully saturated rings. The molecule has 15 heavy (non-hydrogen) atoms. The first-order chi connectivity index (χ1) is 6.71. The van der Waals surface area contributed by atoms with Crippen molar-refractivity contribution in [2.75, 3.05) is 13.2 Å². The second-order valence-corrected chi connectivity index (χ2v) is 5.39. The Bertz CT molecular complexity index is 137. The van der Waals surface area contributed by atoms with E-state index in [1.54, 1.807) is 0 Å². The second kappa shape index (κ2) is 6.43. The van der Waals surface area contributed by atoms with Gasteiger partial charge in [-0.3, -0.25) is 0 Å². The maximum absolute atomic E-state index is 5.08. The van der Waals surface area contributed by atoms with Gasteiger partial charge in [0, 0.05) is 6.42 Å². The summed E-state index contributed by atoms with van der Waals surface area (Å²) in [4.78, 5) is 20.2. The number of hydrogen-bond acceptors (Lipinski definition) is 4. The zero-order valence-electron chi connectivity index (χ0n) is 10.8. The fourth-order valence-corrected chi connectivity index (χ4v) is 0.614. The van der Waals surface area contributed by atoms with Crippen molar-refractivity contribution < 1.29 is 19.6 Å². The molecular formula is C11H24O4. The van der Waals surface area contributed by atoms with Crippen molar-refractivity contribution in [3.8, 4) is 0 Å². The van der Waals surface area contributed by atoms with E-state index in [4.69, 9.17) is 19.6 Å². The van der Waals surface area contributed by atoms with Crippen LogP contribution in [-0.2, 0) is 19.6 Å². The molecule has 0 spiro atoms. The Morgan fingerprint density at radius 2 is 1.00 bits per heavy atom. The molecule has 0 saturated carbocycles. The van der Waals surface area contributed by atoms with E-state index in [0.717, 1.165) is 6.42 Å². The minimum atomic E-state index is -0.261. The Morgan fingerprint density at radius 3 is 1.27 bits per heavy atom. The highest BCUT2D eigenvalue weighted by molar-refractivity contribution is 4.55. The second-order valence-electron chi connectivity index (χ2n) is 5.39. The molecule has 0 saturated heterocycles. The van der Waals surface area contributed by atoms with Crippen LogP contribution in [0.3, 0.4) is 0 Å². The monoisotopic (exact) mass is 220 g/mol. The van der Waals surface area contributed by atoms with Gasteiger partial charge in [0.1, 0.15) is 0 Å². The van der Waals surface area contributed by atoms with Gasteiger partial charge in [0.15, 0.2) is 0 Å². The van der Waals surface area contributed by atoms with E-state index in [9.17, 15) is 0 Å². The van der Waals surface area contributed by atoms with E-state index in [-0.39, 0.29) is 11.2 Å². The van der Waals surface area contributed by atoms with Gasteiger partial charge in [-0.15, -0.1) is 0 Å². The lowest BCUT2D eigenvalue weighted by molar-refractivity contribution is -0.365. The van der Waals surface area contributed by atoms with Crippen molar-refractivity contribution >= 4 is 0 Å². The zero-order valence-corrected chi connectivity index (χ0v) is 10.8. The molecule has 0 heterocycles. The SMILES string of the molecule is CC(C)(C)OOCCCOOC(C)(C)C. The average Bonchev–Trinajstić information content (AvgIpc) is 1.98. The maximum atomic E-state index is 5.08. The molecule has 0 radical (unpaired) electrons. The third-order valence-electron chi connectivity index (χ3n) is 1.07. The highest BCUT2D eigenvalue weighted by Gasteiger charge is 2.12. The molecule has 0 aliphatic rings. The Hall–Kier alpha value is -0.160. The van der Waals surface area contributed by atoms with Gasteiger partial charge in [-0.05, 0) is 41.5 Å². The average molecular weight is 220 g/mol. The fourth-order valence-electron chi connectivity index (χ4n) is 0.614. The predicted molar refractivity (Wildman–Crippen MR) is 58.2 cm³/mol. The summed E-state index contributed by atoms with van der Waals surface area (Å²) < 4.78 is 0. The van der Waals surface area contributed by atoms with Crippen LogP contribution < -0.4 is 0 Å². The van der Waals surface area contributed by atoms with Crippen LogP contribution in [0, 0.1) is 0 Å². The van der Waals surface area contributed by atoms with Gasteiger partial charge in [-0.2, -0.15) is 0 Å². The standard InChI is InChI=1S/C11H24O4/c1-10(2,3)14-12-8-7-9-13-15-11(4,5)6/h7-9H2,1-6H3. The topological polar surface area (TPSA) is 36.9 Å². The first kappa shape index (κ1) is 14.8. The molecule has 0 aromatic rings. The van der Waals surface area contributed by atoms with Gasteiger partial charge >= 0.3 is 0 Å². The Morgan fingerprint density at radius 1 is 0.667 bits per heavy atom. The lowest BCUT2D eigenvalue weighted by atomic mass is 10.2. The smallest absolute Gasteiger partial charge is 0.0952 e. The Kier molecular flexibility index (Phi) is 6.36. The van der Waals surface area contributed by atoms with Gasteiger partial charge < -0.3 is 0 Å². The molecule has 0 aliphatic carbocycles. The van der Waals surface area contributed by atoms with Gasteiger partial charge in [0.25, 0.3) is 0 Å². The Balaban J connectivity index is 3.20. The molecule has 92 valence electrons. The highest BCUT2D eigenvalue weighted by Crippen LogP contribution is 2.08. The zero-order chi connectivity index (χ0) is 11.9. The van der Waals surface area contributed by atoms with E-state index in [1.807, 2.05) is 41.5 Å². The molecule has 0 aromatic carbocycles. The first-order valence-electron chi connectivity index (χ1n) is 5.32. The van der Waals surface area contributed by atoms with E-state index in [1.165, 1.54) is 0 Å². The molecule has 0 rings (SSSR count). The van der Waals surface area contributed by atoms with Crippen molar-refractivity contribution in [1.82, 2.24) is 0 Å². The molecule has 0 unspecified atom stereocenters. The molecular weight excluding hydrogens is 196 g/mol. The highest BCUT2D eigenvalue weighted by atomic mass is 17.2. The van der Waals surface area contributed by atoms with Crippen molar-refractivity contribution in [3.63, 3.8) is 0 Å². The van der Waals surface area contributed by atoms with Crippen molar-refractivity contribution in [2.24, 2.45) is 0 Å².